The van der Waals surface area contributed by atoms with Crippen molar-refractivity contribution < 1.29 is 23.1 Å². The molecule has 0 amide bonds. The number of benzene rings is 1. The Bertz CT molecular complexity index is 626. The lowest BCUT2D eigenvalue weighted by Gasteiger charge is -2.32. The first-order valence-electron chi connectivity index (χ1n) is 6.27. The Morgan fingerprint density at radius 2 is 2.15 bits per heavy atom. The molecule has 0 radical (unpaired) electrons. The molecule has 1 heterocycles. The maximum atomic E-state index is 12.6. The normalized spacial score (nSPS) is 20.8. The highest BCUT2D eigenvalue weighted by Gasteiger charge is 2.32. The minimum Gasteiger partial charge on any atom is -0.478 e. The number of morpholine rings is 1. The number of carbonyl (C=O) groups is 1. The van der Waals surface area contributed by atoms with Crippen molar-refractivity contribution in [2.75, 3.05) is 19.8 Å². The second kappa shape index (κ2) is 5.51. The van der Waals surface area contributed by atoms with E-state index in [0.717, 1.165) is 0 Å². The minimum atomic E-state index is -3.69. The predicted molar refractivity (Wildman–Crippen MR) is 72.3 cm³/mol. The highest BCUT2D eigenvalue weighted by Crippen LogP contribution is 2.22. The molecule has 6 nitrogen and oxygen atoms in total. The van der Waals surface area contributed by atoms with Crippen molar-refractivity contribution in [1.29, 1.82) is 0 Å². The number of aryl methyl sites for hydroxylation is 1. The first-order chi connectivity index (χ1) is 9.34. The van der Waals surface area contributed by atoms with Crippen molar-refractivity contribution >= 4 is 16.0 Å². The van der Waals surface area contributed by atoms with Gasteiger partial charge in [-0.05, 0) is 31.5 Å². The average molecular weight is 299 g/mol. The van der Waals surface area contributed by atoms with Gasteiger partial charge in [0.15, 0.2) is 0 Å². The molecule has 20 heavy (non-hydrogen) atoms. The van der Waals surface area contributed by atoms with E-state index in [1.807, 2.05) is 0 Å². The number of carboxylic acid groups (broad SMARTS) is 1. The summed E-state index contributed by atoms with van der Waals surface area (Å²) in [4.78, 5) is 11.1. The van der Waals surface area contributed by atoms with Crippen LogP contribution >= 0.6 is 0 Å². The highest BCUT2D eigenvalue weighted by molar-refractivity contribution is 7.89. The molecule has 1 saturated heterocycles. The molecule has 7 heteroatoms. The van der Waals surface area contributed by atoms with Crippen molar-refractivity contribution in [1.82, 2.24) is 4.31 Å². The van der Waals surface area contributed by atoms with E-state index < -0.39 is 16.0 Å². The summed E-state index contributed by atoms with van der Waals surface area (Å²) in [7, 11) is -3.69. The third-order valence-electron chi connectivity index (χ3n) is 3.35. The monoisotopic (exact) mass is 299 g/mol. The number of aromatic carboxylic acids is 1. The minimum absolute atomic E-state index is 0.00647. The maximum Gasteiger partial charge on any atom is 0.335 e. The first kappa shape index (κ1) is 15.0. The van der Waals surface area contributed by atoms with Crippen LogP contribution in [0.1, 0.15) is 22.8 Å². The Labute approximate surface area is 118 Å². The average Bonchev–Trinajstić information content (AvgIpc) is 2.38. The van der Waals surface area contributed by atoms with E-state index in [-0.39, 0.29) is 23.0 Å². The summed E-state index contributed by atoms with van der Waals surface area (Å²) >= 11 is 0. The van der Waals surface area contributed by atoms with Gasteiger partial charge in [0.25, 0.3) is 0 Å². The Balaban J connectivity index is 2.44. The summed E-state index contributed by atoms with van der Waals surface area (Å²) < 4.78 is 31.7. The third kappa shape index (κ3) is 2.70. The SMILES string of the molecule is Cc1ccc(S(=O)(=O)N2CCOCC2C)cc1C(=O)O. The first-order valence-corrected chi connectivity index (χ1v) is 7.71. The fourth-order valence-electron chi connectivity index (χ4n) is 2.20. The standard InChI is InChI=1S/C13H17NO5S/c1-9-3-4-11(7-12(9)13(15)16)20(17,18)14-5-6-19-8-10(14)2/h3-4,7,10H,5-6,8H2,1-2H3,(H,15,16). The lowest BCUT2D eigenvalue weighted by molar-refractivity contribution is 0.0392. The van der Waals surface area contributed by atoms with E-state index in [9.17, 15) is 13.2 Å². The molecule has 1 aromatic carbocycles. The number of ether oxygens (including phenoxy) is 1. The molecule has 1 aromatic rings. The van der Waals surface area contributed by atoms with Gasteiger partial charge in [-0.25, -0.2) is 13.2 Å². The van der Waals surface area contributed by atoms with Crippen LogP contribution in [0.4, 0.5) is 0 Å². The van der Waals surface area contributed by atoms with Crippen molar-refractivity contribution in [3.63, 3.8) is 0 Å². The van der Waals surface area contributed by atoms with Gasteiger partial charge in [-0.15, -0.1) is 0 Å². The fourth-order valence-corrected chi connectivity index (χ4v) is 3.82. The molecule has 1 aliphatic heterocycles. The van der Waals surface area contributed by atoms with Gasteiger partial charge >= 0.3 is 5.97 Å². The molecule has 110 valence electrons. The van der Waals surface area contributed by atoms with Gasteiger partial charge < -0.3 is 9.84 Å². The van der Waals surface area contributed by atoms with E-state index in [2.05, 4.69) is 0 Å². The smallest absolute Gasteiger partial charge is 0.335 e. The van der Waals surface area contributed by atoms with Crippen molar-refractivity contribution in [3.05, 3.63) is 29.3 Å². The van der Waals surface area contributed by atoms with Gasteiger partial charge in [-0.2, -0.15) is 4.31 Å². The lowest BCUT2D eigenvalue weighted by atomic mass is 10.1. The number of nitrogens with zero attached hydrogens (tertiary/aromatic N) is 1. The maximum absolute atomic E-state index is 12.6. The van der Waals surface area contributed by atoms with Crippen LogP contribution in [-0.4, -0.2) is 49.6 Å². The topological polar surface area (TPSA) is 83.9 Å². The number of sulfonamides is 1. The summed E-state index contributed by atoms with van der Waals surface area (Å²) in [5.41, 5.74) is 0.540. The zero-order chi connectivity index (χ0) is 14.9. The summed E-state index contributed by atoms with van der Waals surface area (Å²) in [5, 5.41) is 9.09. The highest BCUT2D eigenvalue weighted by atomic mass is 32.2. The quantitative estimate of drug-likeness (QED) is 0.903. The Morgan fingerprint density at radius 3 is 2.75 bits per heavy atom. The van der Waals surface area contributed by atoms with Crippen LogP contribution in [0.5, 0.6) is 0 Å². The third-order valence-corrected chi connectivity index (χ3v) is 5.36. The predicted octanol–water partition coefficient (Wildman–Crippen LogP) is 1.10. The Hall–Kier alpha value is -1.44. The van der Waals surface area contributed by atoms with Crippen LogP contribution in [-0.2, 0) is 14.8 Å². The van der Waals surface area contributed by atoms with Gasteiger partial charge in [0.2, 0.25) is 10.0 Å². The summed E-state index contributed by atoms with van der Waals surface area (Å²) in [6.45, 7) is 4.37. The van der Waals surface area contributed by atoms with Gasteiger partial charge in [0.05, 0.1) is 23.7 Å². The van der Waals surface area contributed by atoms with Gasteiger partial charge in [0.1, 0.15) is 0 Å². The molecule has 0 aliphatic carbocycles. The molecule has 1 atom stereocenters. The van der Waals surface area contributed by atoms with Crippen LogP contribution in [0.2, 0.25) is 0 Å². The summed E-state index contributed by atoms with van der Waals surface area (Å²) in [6, 6.07) is 3.92. The van der Waals surface area contributed by atoms with E-state index in [4.69, 9.17) is 9.84 Å². The molecule has 1 aliphatic rings. The molecule has 2 rings (SSSR count). The zero-order valence-corrected chi connectivity index (χ0v) is 12.2. The fraction of sp³-hybridized carbons (Fsp3) is 0.462. The molecule has 1 unspecified atom stereocenters. The number of rotatable bonds is 3. The van der Waals surface area contributed by atoms with E-state index in [0.29, 0.717) is 18.8 Å². The second-order valence-corrected chi connectivity index (χ2v) is 6.71. The molecule has 0 bridgehead atoms. The number of carboxylic acids is 1. The molecule has 0 aromatic heterocycles. The lowest BCUT2D eigenvalue weighted by Crippen LogP contribution is -2.46. The molecule has 0 saturated carbocycles. The van der Waals surface area contributed by atoms with Crippen LogP contribution in [0, 0.1) is 6.92 Å². The van der Waals surface area contributed by atoms with Crippen LogP contribution in [0.25, 0.3) is 0 Å². The largest absolute Gasteiger partial charge is 0.478 e. The second-order valence-electron chi connectivity index (χ2n) is 4.82. The molecular weight excluding hydrogens is 282 g/mol. The molecule has 0 spiro atoms. The number of hydrogen-bond acceptors (Lipinski definition) is 4. The van der Waals surface area contributed by atoms with Crippen LogP contribution < -0.4 is 0 Å². The van der Waals surface area contributed by atoms with Crippen LogP contribution in [0.15, 0.2) is 23.1 Å². The Kier molecular flexibility index (Phi) is 4.12. The Morgan fingerprint density at radius 1 is 1.45 bits per heavy atom. The summed E-state index contributed by atoms with van der Waals surface area (Å²) in [6.07, 6.45) is 0. The van der Waals surface area contributed by atoms with E-state index in [1.54, 1.807) is 13.8 Å². The number of hydrogen-bond donors (Lipinski definition) is 1. The van der Waals surface area contributed by atoms with Crippen molar-refractivity contribution in [2.24, 2.45) is 0 Å². The van der Waals surface area contributed by atoms with Crippen molar-refractivity contribution in [3.8, 4) is 0 Å². The molecule has 1 N–H and O–H groups in total. The van der Waals surface area contributed by atoms with E-state index >= 15 is 0 Å². The van der Waals surface area contributed by atoms with E-state index in [1.165, 1.54) is 22.5 Å². The summed E-state index contributed by atoms with van der Waals surface area (Å²) in [5.74, 6) is -1.13. The molecular formula is C13H17NO5S. The van der Waals surface area contributed by atoms with Crippen LogP contribution in [0.3, 0.4) is 0 Å². The van der Waals surface area contributed by atoms with Gasteiger partial charge in [-0.1, -0.05) is 6.07 Å². The van der Waals surface area contributed by atoms with Gasteiger partial charge in [-0.3, -0.25) is 0 Å². The van der Waals surface area contributed by atoms with Gasteiger partial charge in [0, 0.05) is 12.6 Å². The van der Waals surface area contributed by atoms with Crippen molar-refractivity contribution in [2.45, 2.75) is 24.8 Å². The molecule has 1 fully saturated rings. The zero-order valence-electron chi connectivity index (χ0n) is 11.4.